The number of nitrogen functional groups attached to an aromatic ring is 1. The van der Waals surface area contributed by atoms with Gasteiger partial charge in [0.2, 0.25) is 0 Å². The number of nitrogens with zero attached hydrogens (tertiary/aromatic N) is 3. The molecule has 0 aliphatic rings. The summed E-state index contributed by atoms with van der Waals surface area (Å²) in [6.45, 7) is 7.18. The third-order valence-corrected chi connectivity index (χ3v) is 4.51. The van der Waals surface area contributed by atoms with Gasteiger partial charge in [-0.25, -0.2) is 9.97 Å². The van der Waals surface area contributed by atoms with Gasteiger partial charge in [-0.3, -0.25) is 0 Å². The predicted molar refractivity (Wildman–Crippen MR) is 88.4 cm³/mol. The number of imidazole rings is 1. The van der Waals surface area contributed by atoms with Gasteiger partial charge in [0, 0.05) is 12.2 Å². The number of pyridine rings is 1. The van der Waals surface area contributed by atoms with Gasteiger partial charge >= 0.3 is 0 Å². The van der Waals surface area contributed by atoms with E-state index in [0.717, 1.165) is 29.1 Å². The number of fused-ring (bicyclic) bond motifs is 1. The van der Waals surface area contributed by atoms with E-state index in [1.807, 2.05) is 18.7 Å². The Balaban J connectivity index is 2.26. The quantitative estimate of drug-likeness (QED) is 0.828. The standard InChI is InChI=1S/C15H24N4S/c1-10-11(2)17-15(16)13-14(10)19(12(3)18-13)8-6-5-7-9-20-4/h5-9H2,1-4H3,(H2,16,17). The summed E-state index contributed by atoms with van der Waals surface area (Å²) in [4.78, 5) is 8.98. The van der Waals surface area contributed by atoms with Crippen molar-refractivity contribution in [3.63, 3.8) is 0 Å². The van der Waals surface area contributed by atoms with Crippen molar-refractivity contribution >= 4 is 28.6 Å². The molecule has 0 aliphatic carbocycles. The van der Waals surface area contributed by atoms with Gasteiger partial charge in [-0.05, 0) is 51.2 Å². The van der Waals surface area contributed by atoms with E-state index in [0.29, 0.717) is 5.82 Å². The van der Waals surface area contributed by atoms with Crippen LogP contribution in [0.3, 0.4) is 0 Å². The first-order valence-electron chi connectivity index (χ1n) is 7.14. The summed E-state index contributed by atoms with van der Waals surface area (Å²) in [5.41, 5.74) is 10.2. The van der Waals surface area contributed by atoms with Crippen LogP contribution in [0.1, 0.15) is 36.3 Å². The van der Waals surface area contributed by atoms with Crippen molar-refractivity contribution in [1.29, 1.82) is 0 Å². The third-order valence-electron chi connectivity index (χ3n) is 3.82. The average molecular weight is 292 g/mol. The van der Waals surface area contributed by atoms with E-state index in [9.17, 15) is 0 Å². The summed E-state index contributed by atoms with van der Waals surface area (Å²) in [6, 6.07) is 0. The van der Waals surface area contributed by atoms with Crippen LogP contribution in [0.15, 0.2) is 0 Å². The monoisotopic (exact) mass is 292 g/mol. The second-order valence-corrected chi connectivity index (χ2v) is 6.25. The second-order valence-electron chi connectivity index (χ2n) is 5.27. The van der Waals surface area contributed by atoms with E-state index in [2.05, 4.69) is 34.6 Å². The van der Waals surface area contributed by atoms with Crippen molar-refractivity contribution in [3.8, 4) is 0 Å². The zero-order valence-corrected chi connectivity index (χ0v) is 13.7. The van der Waals surface area contributed by atoms with Crippen LogP contribution in [0, 0.1) is 20.8 Å². The number of hydrogen-bond donors (Lipinski definition) is 1. The van der Waals surface area contributed by atoms with Crippen molar-refractivity contribution in [2.75, 3.05) is 17.7 Å². The van der Waals surface area contributed by atoms with Crippen LogP contribution in [0.4, 0.5) is 5.82 Å². The molecule has 0 fully saturated rings. The first-order chi connectivity index (χ1) is 9.56. The first-order valence-corrected chi connectivity index (χ1v) is 8.54. The van der Waals surface area contributed by atoms with Crippen LogP contribution in [-0.4, -0.2) is 26.5 Å². The van der Waals surface area contributed by atoms with E-state index in [1.165, 1.54) is 30.6 Å². The van der Waals surface area contributed by atoms with Gasteiger partial charge in [0.05, 0.1) is 5.52 Å². The van der Waals surface area contributed by atoms with Crippen LogP contribution in [0.5, 0.6) is 0 Å². The molecule has 2 aromatic rings. The molecule has 2 N–H and O–H groups in total. The van der Waals surface area contributed by atoms with Crippen LogP contribution in [-0.2, 0) is 6.54 Å². The summed E-state index contributed by atoms with van der Waals surface area (Å²) in [5.74, 6) is 2.83. The number of aryl methyl sites for hydroxylation is 4. The van der Waals surface area contributed by atoms with Crippen molar-refractivity contribution in [2.45, 2.75) is 46.6 Å². The molecule has 0 spiro atoms. The summed E-state index contributed by atoms with van der Waals surface area (Å²) in [5, 5.41) is 0. The van der Waals surface area contributed by atoms with Crippen LogP contribution < -0.4 is 5.73 Å². The minimum atomic E-state index is 0.548. The zero-order valence-electron chi connectivity index (χ0n) is 12.9. The second kappa shape index (κ2) is 6.48. The molecule has 0 saturated heterocycles. The maximum atomic E-state index is 6.01. The predicted octanol–water partition coefficient (Wildman–Crippen LogP) is 3.47. The topological polar surface area (TPSA) is 56.7 Å². The minimum Gasteiger partial charge on any atom is -0.382 e. The number of aromatic nitrogens is 3. The number of hydrogen-bond acceptors (Lipinski definition) is 4. The van der Waals surface area contributed by atoms with Gasteiger partial charge in [0.1, 0.15) is 11.3 Å². The van der Waals surface area contributed by atoms with Gasteiger partial charge in [0.15, 0.2) is 5.82 Å². The van der Waals surface area contributed by atoms with Crippen molar-refractivity contribution in [3.05, 3.63) is 17.1 Å². The summed E-state index contributed by atoms with van der Waals surface area (Å²) >= 11 is 1.92. The molecule has 20 heavy (non-hydrogen) atoms. The van der Waals surface area contributed by atoms with Crippen molar-refractivity contribution in [2.24, 2.45) is 0 Å². The van der Waals surface area contributed by atoms with Gasteiger partial charge in [-0.15, -0.1) is 0 Å². The third kappa shape index (κ3) is 2.92. The lowest BCUT2D eigenvalue weighted by Gasteiger charge is -2.10. The van der Waals surface area contributed by atoms with E-state index in [1.54, 1.807) is 0 Å². The minimum absolute atomic E-state index is 0.548. The Hall–Kier alpha value is -1.23. The summed E-state index contributed by atoms with van der Waals surface area (Å²) in [7, 11) is 0. The molecular weight excluding hydrogens is 268 g/mol. The molecule has 2 rings (SSSR count). The molecule has 4 nitrogen and oxygen atoms in total. The number of rotatable bonds is 6. The lowest BCUT2D eigenvalue weighted by molar-refractivity contribution is 0.603. The lowest BCUT2D eigenvalue weighted by atomic mass is 10.2. The summed E-state index contributed by atoms with van der Waals surface area (Å²) < 4.78 is 2.30. The maximum Gasteiger partial charge on any atom is 0.151 e. The van der Waals surface area contributed by atoms with E-state index in [-0.39, 0.29) is 0 Å². The molecule has 0 unspecified atom stereocenters. The maximum absolute atomic E-state index is 6.01. The average Bonchev–Trinajstić information content (AvgIpc) is 2.74. The smallest absolute Gasteiger partial charge is 0.151 e. The normalized spacial score (nSPS) is 11.4. The van der Waals surface area contributed by atoms with Crippen molar-refractivity contribution < 1.29 is 0 Å². The molecule has 2 heterocycles. The zero-order chi connectivity index (χ0) is 14.7. The number of anilines is 1. The van der Waals surface area contributed by atoms with Gasteiger partial charge in [0.25, 0.3) is 0 Å². The molecule has 0 radical (unpaired) electrons. The number of thioether (sulfide) groups is 1. The fourth-order valence-electron chi connectivity index (χ4n) is 2.58. The largest absolute Gasteiger partial charge is 0.382 e. The van der Waals surface area contributed by atoms with Gasteiger partial charge in [-0.1, -0.05) is 6.42 Å². The molecule has 0 amide bonds. The Morgan fingerprint density at radius 1 is 1.10 bits per heavy atom. The molecule has 0 atom stereocenters. The van der Waals surface area contributed by atoms with E-state index in [4.69, 9.17) is 5.73 Å². The summed E-state index contributed by atoms with van der Waals surface area (Å²) in [6.07, 6.45) is 5.90. The molecule has 0 aromatic carbocycles. The van der Waals surface area contributed by atoms with E-state index >= 15 is 0 Å². The highest BCUT2D eigenvalue weighted by Crippen LogP contribution is 2.26. The molecule has 5 heteroatoms. The lowest BCUT2D eigenvalue weighted by Crippen LogP contribution is -2.04. The molecule has 0 bridgehead atoms. The first kappa shape index (κ1) is 15.2. The Labute approximate surface area is 125 Å². The van der Waals surface area contributed by atoms with Crippen LogP contribution >= 0.6 is 11.8 Å². The van der Waals surface area contributed by atoms with Crippen LogP contribution in [0.2, 0.25) is 0 Å². The highest BCUT2D eigenvalue weighted by atomic mass is 32.2. The Bertz CT molecular complexity index is 604. The highest BCUT2D eigenvalue weighted by Gasteiger charge is 2.14. The molecular formula is C15H24N4S. The SMILES string of the molecule is CSCCCCCn1c(C)nc2c(N)nc(C)c(C)c21. The van der Waals surface area contributed by atoms with Gasteiger partial charge in [-0.2, -0.15) is 11.8 Å². The van der Waals surface area contributed by atoms with Crippen molar-refractivity contribution in [1.82, 2.24) is 14.5 Å². The van der Waals surface area contributed by atoms with Gasteiger partial charge < -0.3 is 10.3 Å². The van der Waals surface area contributed by atoms with Crippen LogP contribution in [0.25, 0.3) is 11.0 Å². The number of nitrogens with two attached hydrogens (primary N) is 1. The highest BCUT2D eigenvalue weighted by molar-refractivity contribution is 7.98. The molecule has 2 aromatic heterocycles. The Morgan fingerprint density at radius 3 is 2.55 bits per heavy atom. The molecule has 0 aliphatic heterocycles. The fourth-order valence-corrected chi connectivity index (χ4v) is 3.07. The fraction of sp³-hybridized carbons (Fsp3) is 0.600. The van der Waals surface area contributed by atoms with E-state index < -0.39 is 0 Å². The Kier molecular flexibility index (Phi) is 4.91. The molecule has 0 saturated carbocycles. The molecule has 110 valence electrons. The number of unbranched alkanes of at least 4 members (excludes halogenated alkanes) is 2. The Morgan fingerprint density at radius 2 is 1.85 bits per heavy atom.